The molecule has 3 aliphatic carbocycles. The van der Waals surface area contributed by atoms with E-state index in [1.165, 1.54) is 30.3 Å². The summed E-state index contributed by atoms with van der Waals surface area (Å²) in [5, 5.41) is 2.00. The number of hydrogen-bond acceptors (Lipinski definition) is 4. The number of ketones is 1. The zero-order valence-corrected chi connectivity index (χ0v) is 23.3. The summed E-state index contributed by atoms with van der Waals surface area (Å²) in [5.74, 6) is -5.35. The van der Waals surface area contributed by atoms with Gasteiger partial charge in [-0.15, -0.1) is 0 Å². The van der Waals surface area contributed by atoms with E-state index in [0.29, 0.717) is 0 Å². The number of benzene rings is 4. The molecule has 4 aliphatic rings. The molecule has 0 N–H and O–H groups in total. The highest BCUT2D eigenvalue weighted by Crippen LogP contribution is 2.61. The number of carbonyl (C=O) groups excluding carboxylic acids is 4. The largest absolute Gasteiger partial charge is 0.292 e. The van der Waals surface area contributed by atoms with Crippen molar-refractivity contribution < 1.29 is 23.6 Å². The standard InChI is InChI=1S/C33H21Cl2FN2O4/c34-18-11-14-24(25(35)15-18)31(40)37(16-26(39)17-9-12-19(36)13-10-17)38-32(41)29-27-20-5-1-2-6-21(20)28(30(29)33(38)42)23-8-4-3-7-22(23)27/h1-15,27-30H,16H2/t27?,28?,29-,30-/m0/s1. The van der Waals surface area contributed by atoms with Crippen LogP contribution in [-0.2, 0) is 9.59 Å². The molecule has 8 rings (SSSR count). The van der Waals surface area contributed by atoms with Crippen LogP contribution >= 0.6 is 23.2 Å². The lowest BCUT2D eigenvalue weighted by Crippen LogP contribution is -2.52. The Morgan fingerprint density at radius 1 is 0.738 bits per heavy atom. The average molecular weight is 599 g/mol. The Morgan fingerprint density at radius 3 is 1.71 bits per heavy atom. The van der Waals surface area contributed by atoms with E-state index in [0.717, 1.165) is 44.4 Å². The second kappa shape index (κ2) is 9.89. The van der Waals surface area contributed by atoms with Crippen LogP contribution in [0, 0.1) is 17.7 Å². The lowest BCUT2D eigenvalue weighted by molar-refractivity contribution is -0.154. The minimum Gasteiger partial charge on any atom is -0.292 e. The number of amides is 3. The quantitative estimate of drug-likeness (QED) is 0.200. The van der Waals surface area contributed by atoms with Crippen LogP contribution in [0.5, 0.6) is 0 Å². The Hall–Kier alpha value is -4.33. The smallest absolute Gasteiger partial charge is 0.274 e. The molecule has 6 nitrogen and oxygen atoms in total. The highest BCUT2D eigenvalue weighted by molar-refractivity contribution is 6.36. The highest BCUT2D eigenvalue weighted by Gasteiger charge is 2.63. The molecule has 0 spiro atoms. The number of hydrazine groups is 1. The van der Waals surface area contributed by atoms with Gasteiger partial charge in [-0.1, -0.05) is 71.7 Å². The van der Waals surface area contributed by atoms with Crippen molar-refractivity contribution in [3.05, 3.63) is 140 Å². The Bertz CT molecular complexity index is 1710. The zero-order valence-electron chi connectivity index (χ0n) is 21.8. The maximum absolute atomic E-state index is 14.3. The van der Waals surface area contributed by atoms with E-state index in [2.05, 4.69) is 0 Å². The van der Waals surface area contributed by atoms with Crippen LogP contribution < -0.4 is 0 Å². The van der Waals surface area contributed by atoms with E-state index in [1.54, 1.807) is 0 Å². The molecule has 0 radical (unpaired) electrons. The normalized spacial score (nSPS) is 21.5. The molecule has 4 aromatic carbocycles. The van der Waals surface area contributed by atoms with Gasteiger partial charge in [0.1, 0.15) is 12.4 Å². The van der Waals surface area contributed by atoms with Gasteiger partial charge in [0, 0.05) is 22.4 Å². The summed E-state index contributed by atoms with van der Waals surface area (Å²) in [6, 6.07) is 24.6. The van der Waals surface area contributed by atoms with Crippen molar-refractivity contribution in [1.82, 2.24) is 10.0 Å². The first kappa shape index (κ1) is 26.6. The predicted molar refractivity (Wildman–Crippen MR) is 154 cm³/mol. The van der Waals surface area contributed by atoms with Crippen molar-refractivity contribution in [2.75, 3.05) is 6.54 Å². The van der Waals surface area contributed by atoms with Crippen LogP contribution in [-0.4, -0.2) is 40.1 Å². The average Bonchev–Trinajstić information content (AvgIpc) is 3.25. The fourth-order valence-corrected chi connectivity index (χ4v) is 7.29. The number of hydrogen-bond donors (Lipinski definition) is 0. The molecule has 2 bridgehead atoms. The molecular weight excluding hydrogens is 578 g/mol. The van der Waals surface area contributed by atoms with Gasteiger partial charge >= 0.3 is 0 Å². The molecule has 9 heteroatoms. The Morgan fingerprint density at radius 2 is 1.24 bits per heavy atom. The van der Waals surface area contributed by atoms with Crippen molar-refractivity contribution in [3.63, 3.8) is 0 Å². The molecule has 3 amide bonds. The minimum atomic E-state index is -0.810. The molecule has 1 saturated heterocycles. The third-order valence-electron chi connectivity index (χ3n) is 8.52. The van der Waals surface area contributed by atoms with Gasteiger partial charge in [0.25, 0.3) is 17.7 Å². The van der Waals surface area contributed by atoms with Gasteiger partial charge in [-0.2, -0.15) is 5.01 Å². The van der Waals surface area contributed by atoms with E-state index >= 15 is 0 Å². The van der Waals surface area contributed by atoms with Crippen molar-refractivity contribution in [2.24, 2.45) is 11.8 Å². The summed E-state index contributed by atoms with van der Waals surface area (Å²) in [7, 11) is 0. The Balaban J connectivity index is 1.34. The molecule has 4 aromatic rings. The van der Waals surface area contributed by atoms with E-state index in [4.69, 9.17) is 23.2 Å². The third kappa shape index (κ3) is 3.91. The number of carbonyl (C=O) groups is 4. The maximum Gasteiger partial charge on any atom is 0.274 e. The predicted octanol–water partition coefficient (Wildman–Crippen LogP) is 6.26. The van der Waals surface area contributed by atoms with Gasteiger partial charge < -0.3 is 0 Å². The summed E-state index contributed by atoms with van der Waals surface area (Å²) in [5.41, 5.74) is 4.00. The van der Waals surface area contributed by atoms with Crippen LogP contribution in [0.2, 0.25) is 10.0 Å². The highest BCUT2D eigenvalue weighted by atomic mass is 35.5. The summed E-state index contributed by atoms with van der Waals surface area (Å²) < 4.78 is 13.6. The third-order valence-corrected chi connectivity index (χ3v) is 9.07. The van der Waals surface area contributed by atoms with Gasteiger partial charge in [0.15, 0.2) is 5.78 Å². The lowest BCUT2D eigenvalue weighted by atomic mass is 9.55. The van der Waals surface area contributed by atoms with Crippen molar-refractivity contribution in [1.29, 1.82) is 0 Å². The molecule has 2 atom stereocenters. The molecule has 0 unspecified atom stereocenters. The first-order valence-electron chi connectivity index (χ1n) is 13.4. The number of imide groups is 1. The number of nitrogens with zero attached hydrogens (tertiary/aromatic N) is 2. The number of halogens is 3. The van der Waals surface area contributed by atoms with Gasteiger partial charge in [0.2, 0.25) is 0 Å². The van der Waals surface area contributed by atoms with Gasteiger partial charge in [-0.25, -0.2) is 9.40 Å². The van der Waals surface area contributed by atoms with Gasteiger partial charge in [-0.05, 0) is 64.7 Å². The number of Topliss-reactive ketones (excluding diaryl/α,β-unsaturated/α-hetero) is 1. The van der Waals surface area contributed by atoms with Crippen LogP contribution in [0.3, 0.4) is 0 Å². The minimum absolute atomic E-state index is 0.00289. The second-order valence-electron chi connectivity index (χ2n) is 10.7. The van der Waals surface area contributed by atoms with Crippen molar-refractivity contribution >= 4 is 46.7 Å². The van der Waals surface area contributed by atoms with Crippen LogP contribution in [0.4, 0.5) is 4.39 Å². The molecule has 42 heavy (non-hydrogen) atoms. The summed E-state index contributed by atoms with van der Waals surface area (Å²) >= 11 is 12.4. The number of rotatable bonds is 5. The van der Waals surface area contributed by atoms with Crippen LogP contribution in [0.1, 0.15) is 54.8 Å². The molecule has 1 aliphatic heterocycles. The van der Waals surface area contributed by atoms with E-state index < -0.39 is 59.5 Å². The molecule has 1 heterocycles. The van der Waals surface area contributed by atoms with E-state index in [-0.39, 0.29) is 21.2 Å². The monoisotopic (exact) mass is 598 g/mol. The summed E-state index contributed by atoms with van der Waals surface area (Å²) in [6.45, 7) is -0.643. The van der Waals surface area contributed by atoms with E-state index in [1.807, 2.05) is 48.5 Å². The zero-order chi connectivity index (χ0) is 29.3. The topological polar surface area (TPSA) is 74.8 Å². The Kier molecular flexibility index (Phi) is 6.26. The van der Waals surface area contributed by atoms with Gasteiger partial charge in [0.05, 0.1) is 22.4 Å². The Labute approximate surface area is 250 Å². The molecule has 0 aromatic heterocycles. The maximum atomic E-state index is 14.3. The molecular formula is C33H21Cl2FN2O4. The van der Waals surface area contributed by atoms with Crippen molar-refractivity contribution in [2.45, 2.75) is 11.8 Å². The first-order valence-corrected chi connectivity index (χ1v) is 14.1. The summed E-state index contributed by atoms with van der Waals surface area (Å²) in [6.07, 6.45) is 0. The molecule has 0 saturated carbocycles. The van der Waals surface area contributed by atoms with Crippen molar-refractivity contribution in [3.8, 4) is 0 Å². The molecule has 208 valence electrons. The summed E-state index contributed by atoms with van der Waals surface area (Å²) in [4.78, 5) is 56.1. The first-order chi connectivity index (χ1) is 20.3. The van der Waals surface area contributed by atoms with Crippen LogP contribution in [0.25, 0.3) is 0 Å². The lowest BCUT2D eigenvalue weighted by Gasteiger charge is -2.45. The van der Waals surface area contributed by atoms with E-state index in [9.17, 15) is 23.6 Å². The molecule has 1 fully saturated rings. The SMILES string of the molecule is O=C(CN(C(=O)c1ccc(Cl)cc1Cl)N1C(=O)[C@H]2C3c4ccccc4C(c4ccccc43)[C@@H]2C1=O)c1ccc(F)cc1. The fourth-order valence-electron chi connectivity index (χ4n) is 6.80. The van der Waals surface area contributed by atoms with Gasteiger partial charge in [-0.3, -0.25) is 19.2 Å². The second-order valence-corrected chi connectivity index (χ2v) is 11.5. The fraction of sp³-hybridized carbons (Fsp3) is 0.152. The van der Waals surface area contributed by atoms with Crippen LogP contribution in [0.15, 0.2) is 91.0 Å².